The van der Waals surface area contributed by atoms with Crippen molar-refractivity contribution in [3.8, 4) is 11.8 Å². The first-order valence-corrected chi connectivity index (χ1v) is 6.06. The molecule has 0 atom stereocenters. The Balaban J connectivity index is 2.31. The van der Waals surface area contributed by atoms with Gasteiger partial charge in [0, 0.05) is 24.9 Å². The second kappa shape index (κ2) is 4.64. The highest BCUT2D eigenvalue weighted by atomic mass is 79.9. The highest BCUT2D eigenvalue weighted by molar-refractivity contribution is 9.11. The van der Waals surface area contributed by atoms with E-state index in [0.717, 1.165) is 14.4 Å². The molecule has 2 aromatic heterocycles. The minimum atomic E-state index is -0.0393. The van der Waals surface area contributed by atoms with Crippen LogP contribution in [0, 0.1) is 11.8 Å². The second-order valence-corrected chi connectivity index (χ2v) is 5.50. The van der Waals surface area contributed by atoms with Crippen LogP contribution in [0.25, 0.3) is 0 Å². The van der Waals surface area contributed by atoms with Crippen molar-refractivity contribution in [1.82, 2.24) is 9.55 Å². The molecule has 0 fully saturated rings. The molecule has 0 aliphatic rings. The van der Waals surface area contributed by atoms with E-state index in [4.69, 9.17) is 0 Å². The van der Waals surface area contributed by atoms with Gasteiger partial charge in [0.1, 0.15) is 0 Å². The van der Waals surface area contributed by atoms with E-state index < -0.39 is 0 Å². The second-order valence-electron chi connectivity index (χ2n) is 3.09. The SMILES string of the molecule is Cn1cc(C#Cc2ncc(Br)s2)ccc1=O. The zero-order valence-corrected chi connectivity index (χ0v) is 10.8. The van der Waals surface area contributed by atoms with Crippen molar-refractivity contribution in [2.45, 2.75) is 0 Å². The van der Waals surface area contributed by atoms with Gasteiger partial charge in [-0.15, -0.1) is 0 Å². The predicted molar refractivity (Wildman–Crippen MR) is 67.5 cm³/mol. The van der Waals surface area contributed by atoms with E-state index in [-0.39, 0.29) is 5.56 Å². The van der Waals surface area contributed by atoms with E-state index in [2.05, 4.69) is 32.8 Å². The molecule has 2 heterocycles. The summed E-state index contributed by atoms with van der Waals surface area (Å²) in [5.41, 5.74) is 0.760. The van der Waals surface area contributed by atoms with Crippen LogP contribution in [-0.4, -0.2) is 9.55 Å². The molecule has 0 N–H and O–H groups in total. The van der Waals surface area contributed by atoms with Gasteiger partial charge in [-0.2, -0.15) is 0 Å². The van der Waals surface area contributed by atoms with Crippen LogP contribution in [0.4, 0.5) is 0 Å². The average molecular weight is 295 g/mol. The van der Waals surface area contributed by atoms with Crippen molar-refractivity contribution in [2.75, 3.05) is 0 Å². The summed E-state index contributed by atoms with van der Waals surface area (Å²) in [6, 6.07) is 3.21. The van der Waals surface area contributed by atoms with E-state index >= 15 is 0 Å². The lowest BCUT2D eigenvalue weighted by Gasteiger charge is -1.95. The van der Waals surface area contributed by atoms with E-state index in [1.54, 1.807) is 25.5 Å². The first-order valence-electron chi connectivity index (χ1n) is 4.45. The Hall–Kier alpha value is -1.38. The van der Waals surface area contributed by atoms with Crippen molar-refractivity contribution in [2.24, 2.45) is 7.05 Å². The molecule has 0 unspecified atom stereocenters. The molecule has 80 valence electrons. The number of pyridine rings is 1. The van der Waals surface area contributed by atoms with E-state index in [9.17, 15) is 4.79 Å². The van der Waals surface area contributed by atoms with Crippen molar-refractivity contribution in [3.05, 3.63) is 49.2 Å². The molecular weight excluding hydrogens is 288 g/mol. The van der Waals surface area contributed by atoms with Crippen LogP contribution in [-0.2, 0) is 7.05 Å². The summed E-state index contributed by atoms with van der Waals surface area (Å²) in [6.45, 7) is 0. The molecule has 0 aromatic carbocycles. The van der Waals surface area contributed by atoms with Gasteiger partial charge in [-0.3, -0.25) is 4.79 Å². The van der Waals surface area contributed by atoms with Crippen LogP contribution in [0.1, 0.15) is 10.6 Å². The molecule has 2 rings (SSSR count). The van der Waals surface area contributed by atoms with Gasteiger partial charge in [0.25, 0.3) is 0 Å². The lowest BCUT2D eigenvalue weighted by atomic mass is 10.3. The molecule has 0 aliphatic carbocycles. The predicted octanol–water partition coefficient (Wildman–Crippen LogP) is 2.00. The van der Waals surface area contributed by atoms with Gasteiger partial charge >= 0.3 is 0 Å². The van der Waals surface area contributed by atoms with Crippen molar-refractivity contribution in [3.63, 3.8) is 0 Å². The molecule has 0 bridgehead atoms. The summed E-state index contributed by atoms with van der Waals surface area (Å²) in [7, 11) is 1.70. The molecule has 2 aromatic rings. The minimum absolute atomic E-state index is 0.0393. The van der Waals surface area contributed by atoms with Crippen LogP contribution in [0.15, 0.2) is 33.1 Å². The molecule has 0 saturated heterocycles. The Morgan fingerprint density at radius 3 is 2.88 bits per heavy atom. The Labute approximate surface area is 105 Å². The summed E-state index contributed by atoms with van der Waals surface area (Å²) in [5, 5.41) is 0.751. The fourth-order valence-electron chi connectivity index (χ4n) is 1.11. The van der Waals surface area contributed by atoms with Crippen molar-refractivity contribution >= 4 is 27.3 Å². The van der Waals surface area contributed by atoms with Gasteiger partial charge in [0.05, 0.1) is 9.98 Å². The van der Waals surface area contributed by atoms with E-state index in [1.165, 1.54) is 22.0 Å². The van der Waals surface area contributed by atoms with Crippen LogP contribution >= 0.6 is 27.3 Å². The van der Waals surface area contributed by atoms with Gasteiger partial charge in [0.15, 0.2) is 5.01 Å². The van der Waals surface area contributed by atoms with Gasteiger partial charge in [-0.25, -0.2) is 4.98 Å². The zero-order chi connectivity index (χ0) is 11.5. The van der Waals surface area contributed by atoms with Crippen molar-refractivity contribution in [1.29, 1.82) is 0 Å². The quantitative estimate of drug-likeness (QED) is 0.697. The normalized spacial score (nSPS) is 9.62. The number of thiazole rings is 1. The molecule has 0 spiro atoms. The number of halogens is 1. The standard InChI is InChI=1S/C11H7BrN2OS/c1-14-7-8(3-5-11(14)15)2-4-10-13-6-9(12)16-10/h3,5-7H,1H3. The maximum atomic E-state index is 11.1. The molecule has 0 amide bonds. The Morgan fingerprint density at radius 1 is 1.44 bits per heavy atom. The van der Waals surface area contributed by atoms with Crippen LogP contribution < -0.4 is 5.56 Å². The van der Waals surface area contributed by atoms with Crippen LogP contribution in [0.3, 0.4) is 0 Å². The Bertz CT molecular complexity index is 633. The number of hydrogen-bond acceptors (Lipinski definition) is 3. The Kier molecular flexibility index (Phi) is 3.22. The molecule has 5 heteroatoms. The summed E-state index contributed by atoms with van der Waals surface area (Å²) >= 11 is 4.80. The largest absolute Gasteiger partial charge is 0.317 e. The molecule has 16 heavy (non-hydrogen) atoms. The zero-order valence-electron chi connectivity index (χ0n) is 8.40. The summed E-state index contributed by atoms with van der Waals surface area (Å²) < 4.78 is 2.46. The number of aryl methyl sites for hydroxylation is 1. The monoisotopic (exact) mass is 294 g/mol. The minimum Gasteiger partial charge on any atom is -0.317 e. The Morgan fingerprint density at radius 2 is 2.25 bits per heavy atom. The van der Waals surface area contributed by atoms with E-state index in [1.807, 2.05) is 0 Å². The average Bonchev–Trinajstić information content (AvgIpc) is 2.66. The van der Waals surface area contributed by atoms with Crippen molar-refractivity contribution < 1.29 is 0 Å². The molecule has 0 saturated carbocycles. The molecule has 0 aliphatic heterocycles. The third-order valence-corrected chi connectivity index (χ3v) is 3.27. The first kappa shape index (κ1) is 11.1. The third kappa shape index (κ3) is 2.60. The maximum Gasteiger partial charge on any atom is 0.250 e. The highest BCUT2D eigenvalue weighted by Gasteiger charge is 1.95. The maximum absolute atomic E-state index is 11.1. The number of hydrogen-bond donors (Lipinski definition) is 0. The summed E-state index contributed by atoms with van der Waals surface area (Å²) in [5.74, 6) is 5.90. The van der Waals surface area contributed by atoms with Crippen LogP contribution in [0.5, 0.6) is 0 Å². The molecule has 3 nitrogen and oxygen atoms in total. The molecular formula is C11H7BrN2OS. The number of nitrogens with zero attached hydrogens (tertiary/aromatic N) is 2. The van der Waals surface area contributed by atoms with Gasteiger partial charge < -0.3 is 4.57 Å². The first-order chi connectivity index (χ1) is 7.65. The third-order valence-electron chi connectivity index (χ3n) is 1.88. The van der Waals surface area contributed by atoms with Gasteiger partial charge in [0.2, 0.25) is 5.56 Å². The lowest BCUT2D eigenvalue weighted by molar-refractivity contribution is 0.857. The van der Waals surface area contributed by atoms with Crippen LogP contribution in [0.2, 0.25) is 0 Å². The summed E-state index contributed by atoms with van der Waals surface area (Å²) in [6.07, 6.45) is 3.42. The smallest absolute Gasteiger partial charge is 0.250 e. The molecule has 0 radical (unpaired) electrons. The fourth-order valence-corrected chi connectivity index (χ4v) is 2.17. The van der Waals surface area contributed by atoms with E-state index in [0.29, 0.717) is 0 Å². The fraction of sp³-hybridized carbons (Fsp3) is 0.0909. The highest BCUT2D eigenvalue weighted by Crippen LogP contribution is 2.17. The summed E-state index contributed by atoms with van der Waals surface area (Å²) in [4.78, 5) is 15.2. The lowest BCUT2D eigenvalue weighted by Crippen LogP contribution is -2.14. The number of rotatable bonds is 0. The van der Waals surface area contributed by atoms with Gasteiger partial charge in [-0.1, -0.05) is 17.3 Å². The topological polar surface area (TPSA) is 34.9 Å². The number of aromatic nitrogens is 2. The van der Waals surface area contributed by atoms with Gasteiger partial charge in [-0.05, 0) is 27.9 Å².